The van der Waals surface area contributed by atoms with Crippen molar-refractivity contribution in [3.05, 3.63) is 53.1 Å². The van der Waals surface area contributed by atoms with Gasteiger partial charge in [0.25, 0.3) is 0 Å². The van der Waals surface area contributed by atoms with Gasteiger partial charge in [0.2, 0.25) is 5.91 Å². The SMILES string of the molecule is Cc1nc2cc(OCCN3CCC4(CC3)C(=O)Nc3ccc(F)cc34)cc(C(F)(F)F)c2n1C1CC(C)(O)C1. The number of aryl methyl sites for hydroxylation is 1. The lowest BCUT2D eigenvalue weighted by Crippen LogP contribution is -2.47. The van der Waals surface area contributed by atoms with Gasteiger partial charge in [-0.2, -0.15) is 13.2 Å². The largest absolute Gasteiger partial charge is 0.492 e. The van der Waals surface area contributed by atoms with Crippen molar-refractivity contribution in [3.8, 4) is 5.75 Å². The van der Waals surface area contributed by atoms with Crippen molar-refractivity contribution in [3.63, 3.8) is 0 Å². The van der Waals surface area contributed by atoms with Crippen molar-refractivity contribution in [2.24, 2.45) is 0 Å². The molecular formula is C28H30F4N4O3. The second kappa shape index (κ2) is 8.92. The summed E-state index contributed by atoms with van der Waals surface area (Å²) in [4.78, 5) is 19.3. The highest BCUT2D eigenvalue weighted by Gasteiger charge is 2.48. The molecule has 11 heteroatoms. The van der Waals surface area contributed by atoms with Gasteiger partial charge in [0.1, 0.15) is 24.0 Å². The highest BCUT2D eigenvalue weighted by Crippen LogP contribution is 2.47. The number of halogens is 4. The third-order valence-corrected chi connectivity index (χ3v) is 8.52. The van der Waals surface area contributed by atoms with Gasteiger partial charge in [-0.25, -0.2) is 9.37 Å². The van der Waals surface area contributed by atoms with Crippen molar-refractivity contribution in [2.45, 2.75) is 62.8 Å². The van der Waals surface area contributed by atoms with E-state index in [4.69, 9.17) is 4.74 Å². The minimum absolute atomic E-state index is 0.0146. The molecule has 1 aromatic heterocycles. The number of nitrogens with one attached hydrogen (secondary N) is 1. The first-order valence-corrected chi connectivity index (χ1v) is 13.2. The van der Waals surface area contributed by atoms with E-state index >= 15 is 0 Å². The number of fused-ring (bicyclic) bond motifs is 3. The van der Waals surface area contributed by atoms with E-state index in [9.17, 15) is 27.5 Å². The molecule has 0 radical (unpaired) electrons. The maximum atomic E-state index is 14.1. The minimum atomic E-state index is -4.60. The lowest BCUT2D eigenvalue weighted by atomic mass is 9.73. The van der Waals surface area contributed by atoms with Gasteiger partial charge in [0, 0.05) is 24.3 Å². The molecule has 0 unspecified atom stereocenters. The van der Waals surface area contributed by atoms with Crippen LogP contribution < -0.4 is 10.1 Å². The Morgan fingerprint density at radius 3 is 2.56 bits per heavy atom. The molecule has 208 valence electrons. The average molecular weight is 547 g/mol. The zero-order valence-corrected chi connectivity index (χ0v) is 21.7. The van der Waals surface area contributed by atoms with Crippen molar-refractivity contribution in [1.29, 1.82) is 0 Å². The summed E-state index contributed by atoms with van der Waals surface area (Å²) in [5.74, 6) is 0.0587. The molecule has 0 atom stereocenters. The number of likely N-dealkylation sites (tertiary alicyclic amines) is 1. The molecule has 0 bridgehead atoms. The normalized spacial score (nSPS) is 24.6. The van der Waals surface area contributed by atoms with Gasteiger partial charge in [-0.3, -0.25) is 9.69 Å². The van der Waals surface area contributed by atoms with E-state index in [1.165, 1.54) is 18.2 Å². The Labute approximate surface area is 222 Å². The lowest BCUT2D eigenvalue weighted by molar-refractivity contribution is -0.136. The van der Waals surface area contributed by atoms with Crippen LogP contribution >= 0.6 is 0 Å². The van der Waals surface area contributed by atoms with E-state index in [0.29, 0.717) is 62.4 Å². The Morgan fingerprint density at radius 1 is 1.18 bits per heavy atom. The summed E-state index contributed by atoms with van der Waals surface area (Å²) in [7, 11) is 0. The number of imidazole rings is 1. The molecule has 3 aromatic rings. The number of nitrogens with zero attached hydrogens (tertiary/aromatic N) is 3. The average Bonchev–Trinajstić information content (AvgIpc) is 3.30. The summed E-state index contributed by atoms with van der Waals surface area (Å²) in [6.45, 7) is 5.14. The maximum absolute atomic E-state index is 14.1. The van der Waals surface area contributed by atoms with Crippen LogP contribution in [0, 0.1) is 12.7 Å². The Kier molecular flexibility index (Phi) is 5.96. The van der Waals surface area contributed by atoms with Gasteiger partial charge < -0.3 is 19.7 Å². The highest BCUT2D eigenvalue weighted by atomic mass is 19.4. The summed E-state index contributed by atoms with van der Waals surface area (Å²) < 4.78 is 63.7. The molecule has 3 heterocycles. The standard InChI is InChI=1S/C28H30F4N4O3/c1-16-33-23-13-19(12-21(28(30,31)32)24(23)36(16)18-14-26(2,38)15-18)39-10-9-35-7-5-27(6-8-35)20-11-17(29)3-4-22(20)34-25(27)37/h3-4,11-13,18,38H,5-10,14-15H2,1-2H3,(H,34,37). The molecule has 1 aliphatic carbocycles. The van der Waals surface area contributed by atoms with Crippen molar-refractivity contribution in [1.82, 2.24) is 14.5 Å². The van der Waals surface area contributed by atoms with Crippen molar-refractivity contribution in [2.75, 3.05) is 31.6 Å². The fourth-order valence-electron chi connectivity index (χ4n) is 6.54. The quantitative estimate of drug-likeness (QED) is 0.443. The van der Waals surface area contributed by atoms with Crippen molar-refractivity contribution < 1.29 is 32.2 Å². The third kappa shape index (κ3) is 4.45. The number of aliphatic hydroxyl groups is 1. The van der Waals surface area contributed by atoms with Gasteiger partial charge >= 0.3 is 6.18 Å². The number of piperidine rings is 1. The number of alkyl halides is 3. The van der Waals surface area contributed by atoms with Crippen LogP contribution in [0.2, 0.25) is 0 Å². The van der Waals surface area contributed by atoms with Gasteiger partial charge in [0.15, 0.2) is 0 Å². The second-order valence-electron chi connectivity index (χ2n) is 11.3. The molecule has 1 spiro atoms. The number of hydrogen-bond donors (Lipinski definition) is 2. The van der Waals surface area contributed by atoms with Crippen LogP contribution in [0.5, 0.6) is 5.75 Å². The molecule has 39 heavy (non-hydrogen) atoms. The number of aromatic nitrogens is 2. The van der Waals surface area contributed by atoms with E-state index in [0.717, 1.165) is 6.07 Å². The van der Waals surface area contributed by atoms with Gasteiger partial charge in [-0.05, 0) is 82.4 Å². The lowest BCUT2D eigenvalue weighted by Gasteiger charge is -2.42. The fraction of sp³-hybridized carbons (Fsp3) is 0.500. The molecule has 2 aliphatic heterocycles. The van der Waals surface area contributed by atoms with Crippen LogP contribution in [0.3, 0.4) is 0 Å². The molecule has 1 saturated heterocycles. The van der Waals surface area contributed by atoms with E-state index in [1.54, 1.807) is 24.5 Å². The van der Waals surface area contributed by atoms with Gasteiger partial charge in [-0.1, -0.05) is 0 Å². The van der Waals surface area contributed by atoms with E-state index in [2.05, 4.69) is 15.2 Å². The first-order valence-electron chi connectivity index (χ1n) is 13.2. The van der Waals surface area contributed by atoms with Crippen LogP contribution in [-0.2, 0) is 16.4 Å². The monoisotopic (exact) mass is 546 g/mol. The fourth-order valence-corrected chi connectivity index (χ4v) is 6.54. The van der Waals surface area contributed by atoms with E-state index in [-0.39, 0.29) is 41.2 Å². The number of anilines is 1. The zero-order valence-electron chi connectivity index (χ0n) is 21.7. The van der Waals surface area contributed by atoms with E-state index < -0.39 is 22.8 Å². The molecule has 2 aromatic carbocycles. The Balaban J connectivity index is 1.15. The van der Waals surface area contributed by atoms with E-state index in [1.807, 2.05) is 0 Å². The predicted molar refractivity (Wildman–Crippen MR) is 136 cm³/mol. The molecule has 7 nitrogen and oxygen atoms in total. The highest BCUT2D eigenvalue weighted by molar-refractivity contribution is 6.06. The molecule has 1 saturated carbocycles. The number of amides is 1. The molecule has 1 amide bonds. The molecular weight excluding hydrogens is 516 g/mol. The summed E-state index contributed by atoms with van der Waals surface area (Å²) in [5.41, 5.74) is -0.884. The summed E-state index contributed by atoms with van der Waals surface area (Å²) in [5, 5.41) is 13.0. The maximum Gasteiger partial charge on any atom is 0.418 e. The van der Waals surface area contributed by atoms with Crippen molar-refractivity contribution >= 4 is 22.6 Å². The minimum Gasteiger partial charge on any atom is -0.492 e. The summed E-state index contributed by atoms with van der Waals surface area (Å²) in [6.07, 6.45) is -2.83. The summed E-state index contributed by atoms with van der Waals surface area (Å²) in [6, 6.07) is 6.66. The molecule has 2 N–H and O–H groups in total. The molecule has 3 aliphatic rings. The number of hydrogen-bond acceptors (Lipinski definition) is 5. The van der Waals surface area contributed by atoms with Crippen LogP contribution in [0.25, 0.3) is 11.0 Å². The smallest absolute Gasteiger partial charge is 0.418 e. The number of rotatable bonds is 5. The van der Waals surface area contributed by atoms with Crippen LogP contribution in [0.15, 0.2) is 30.3 Å². The Morgan fingerprint density at radius 2 is 1.90 bits per heavy atom. The summed E-state index contributed by atoms with van der Waals surface area (Å²) >= 11 is 0. The Bertz CT molecular complexity index is 1450. The zero-order chi connectivity index (χ0) is 27.7. The topological polar surface area (TPSA) is 79.6 Å². The second-order valence-corrected chi connectivity index (χ2v) is 11.3. The Hall–Kier alpha value is -3.18. The van der Waals surface area contributed by atoms with Crippen LogP contribution in [0.1, 0.15) is 55.6 Å². The number of benzene rings is 2. The third-order valence-electron chi connectivity index (χ3n) is 8.52. The molecule has 2 fully saturated rings. The molecule has 6 rings (SSSR count). The first-order chi connectivity index (χ1) is 18.4. The number of carbonyl (C=O) groups excluding carboxylic acids is 1. The van der Waals surface area contributed by atoms with Gasteiger partial charge in [-0.15, -0.1) is 0 Å². The van der Waals surface area contributed by atoms with Gasteiger partial charge in [0.05, 0.1) is 27.6 Å². The number of carbonyl (C=O) groups is 1. The first kappa shape index (κ1) is 26.1. The number of ether oxygens (including phenoxy) is 1. The van der Waals surface area contributed by atoms with Crippen LogP contribution in [0.4, 0.5) is 23.2 Å². The van der Waals surface area contributed by atoms with Crippen LogP contribution in [-0.4, -0.2) is 57.3 Å². The predicted octanol–water partition coefficient (Wildman–Crippen LogP) is 4.95.